The fraction of sp³-hybridized carbons (Fsp3) is 0.692. The Kier molecular flexibility index (Phi) is 3.32. The van der Waals surface area contributed by atoms with Gasteiger partial charge in [0.2, 0.25) is 11.6 Å². The van der Waals surface area contributed by atoms with Gasteiger partial charge in [-0.05, 0) is 30.9 Å². The van der Waals surface area contributed by atoms with Gasteiger partial charge in [0.25, 0.3) is 0 Å². The van der Waals surface area contributed by atoms with Crippen LogP contribution in [0.5, 0.6) is 0 Å². The van der Waals surface area contributed by atoms with Crippen molar-refractivity contribution in [2.24, 2.45) is 5.41 Å². The Labute approximate surface area is 122 Å². The second-order valence-corrected chi connectivity index (χ2v) is 7.03. The molecule has 6 nitrogen and oxygen atoms in total. The van der Waals surface area contributed by atoms with Crippen LogP contribution >= 0.6 is 11.8 Å². The summed E-state index contributed by atoms with van der Waals surface area (Å²) in [7, 11) is 0. The highest BCUT2D eigenvalue weighted by Gasteiger charge is 2.32. The van der Waals surface area contributed by atoms with E-state index in [1.54, 1.807) is 4.52 Å². The summed E-state index contributed by atoms with van der Waals surface area (Å²) in [5.41, 5.74) is 6.87. The van der Waals surface area contributed by atoms with Crippen molar-refractivity contribution in [1.82, 2.24) is 24.8 Å². The van der Waals surface area contributed by atoms with E-state index in [9.17, 15) is 0 Å². The van der Waals surface area contributed by atoms with Gasteiger partial charge in [-0.25, -0.2) is 4.98 Å². The zero-order valence-electron chi connectivity index (χ0n) is 12.1. The average Bonchev–Trinajstić information content (AvgIpc) is 2.80. The lowest BCUT2D eigenvalue weighted by Gasteiger charge is -2.34. The van der Waals surface area contributed by atoms with E-state index in [2.05, 4.69) is 34.1 Å². The molecule has 1 unspecified atom stereocenters. The summed E-state index contributed by atoms with van der Waals surface area (Å²) in [5.74, 6) is 1.60. The van der Waals surface area contributed by atoms with Gasteiger partial charge in [-0.3, -0.25) is 0 Å². The second kappa shape index (κ2) is 4.87. The third kappa shape index (κ3) is 2.34. The zero-order valence-corrected chi connectivity index (χ0v) is 12.9. The Balaban J connectivity index is 2.06. The molecule has 1 saturated carbocycles. The van der Waals surface area contributed by atoms with Gasteiger partial charge in [-0.15, -0.1) is 27.1 Å². The summed E-state index contributed by atoms with van der Waals surface area (Å²) < 4.78 is 1.79. The summed E-state index contributed by atoms with van der Waals surface area (Å²) in [4.78, 5) is 4.21. The van der Waals surface area contributed by atoms with Gasteiger partial charge >= 0.3 is 0 Å². The number of fused-ring (bicyclic) bond motifs is 1. The number of aromatic nitrogens is 5. The molecule has 2 N–H and O–H groups in total. The molecule has 1 atom stereocenters. The van der Waals surface area contributed by atoms with Gasteiger partial charge in [-0.1, -0.05) is 20.3 Å². The Morgan fingerprint density at radius 3 is 2.85 bits per heavy atom. The first-order valence-electron chi connectivity index (χ1n) is 6.93. The monoisotopic (exact) mass is 292 g/mol. The quantitative estimate of drug-likeness (QED) is 0.856. The molecule has 0 spiro atoms. The fourth-order valence-electron chi connectivity index (χ4n) is 3.11. The number of hydrogen-bond acceptors (Lipinski definition) is 6. The molecule has 1 aliphatic rings. The van der Waals surface area contributed by atoms with Crippen molar-refractivity contribution in [2.45, 2.75) is 50.5 Å². The first kappa shape index (κ1) is 13.6. The lowest BCUT2D eigenvalue weighted by molar-refractivity contribution is 0.213. The van der Waals surface area contributed by atoms with E-state index in [1.807, 2.05) is 6.26 Å². The first-order chi connectivity index (χ1) is 9.50. The molecule has 20 heavy (non-hydrogen) atoms. The maximum Gasteiger partial charge on any atom is 0.239 e. The molecular formula is C13H20N6S. The van der Waals surface area contributed by atoms with Crippen LogP contribution in [0.4, 0.5) is 5.95 Å². The molecule has 108 valence electrons. The van der Waals surface area contributed by atoms with Crippen molar-refractivity contribution in [3.63, 3.8) is 0 Å². The average molecular weight is 292 g/mol. The predicted molar refractivity (Wildman–Crippen MR) is 79.8 cm³/mol. The van der Waals surface area contributed by atoms with Crippen molar-refractivity contribution in [3.05, 3.63) is 5.82 Å². The number of nitrogen functional groups attached to an aromatic ring is 1. The van der Waals surface area contributed by atoms with Crippen LogP contribution in [-0.2, 0) is 0 Å². The Bertz CT molecular complexity index is 635. The topological polar surface area (TPSA) is 82.0 Å². The molecule has 0 amide bonds. The van der Waals surface area contributed by atoms with E-state index < -0.39 is 0 Å². The van der Waals surface area contributed by atoms with Crippen molar-refractivity contribution >= 4 is 23.4 Å². The summed E-state index contributed by atoms with van der Waals surface area (Å²) in [6.07, 6.45) is 6.71. The van der Waals surface area contributed by atoms with E-state index in [1.165, 1.54) is 24.6 Å². The van der Waals surface area contributed by atoms with E-state index in [4.69, 9.17) is 5.73 Å². The molecule has 2 heterocycles. The van der Waals surface area contributed by atoms with Crippen molar-refractivity contribution in [3.8, 4) is 0 Å². The van der Waals surface area contributed by atoms with Crippen LogP contribution in [0.3, 0.4) is 0 Å². The van der Waals surface area contributed by atoms with E-state index >= 15 is 0 Å². The van der Waals surface area contributed by atoms with E-state index in [-0.39, 0.29) is 5.95 Å². The minimum atomic E-state index is 0.276. The maximum absolute atomic E-state index is 5.80. The van der Waals surface area contributed by atoms with Crippen molar-refractivity contribution < 1.29 is 0 Å². The van der Waals surface area contributed by atoms with Gasteiger partial charge in [0, 0.05) is 5.92 Å². The van der Waals surface area contributed by atoms with Gasteiger partial charge < -0.3 is 5.73 Å². The molecule has 7 heteroatoms. The van der Waals surface area contributed by atoms with Crippen LogP contribution in [-0.4, -0.2) is 31.1 Å². The van der Waals surface area contributed by atoms with Crippen LogP contribution in [0.25, 0.3) is 5.65 Å². The number of nitrogens with zero attached hydrogens (tertiary/aromatic N) is 5. The molecule has 0 saturated heterocycles. The number of rotatable bonds is 2. The molecule has 1 fully saturated rings. The summed E-state index contributed by atoms with van der Waals surface area (Å²) in [5, 5.41) is 13.7. The third-order valence-electron chi connectivity index (χ3n) is 4.04. The Hall–Kier alpha value is -1.37. The molecule has 0 bridgehead atoms. The maximum atomic E-state index is 5.80. The lowest BCUT2D eigenvalue weighted by Crippen LogP contribution is -2.23. The minimum Gasteiger partial charge on any atom is -0.367 e. The number of thioether (sulfide) groups is 1. The highest BCUT2D eigenvalue weighted by Crippen LogP contribution is 2.42. The number of nitrogens with two attached hydrogens (primary N) is 1. The van der Waals surface area contributed by atoms with Crippen LogP contribution in [0.2, 0.25) is 0 Å². The third-order valence-corrected chi connectivity index (χ3v) is 4.70. The second-order valence-electron chi connectivity index (χ2n) is 6.23. The molecule has 2 aromatic rings. The molecule has 2 aromatic heterocycles. The van der Waals surface area contributed by atoms with Crippen molar-refractivity contribution in [2.75, 3.05) is 12.0 Å². The predicted octanol–water partition coefficient (Wildman–Crippen LogP) is 2.51. The lowest BCUT2D eigenvalue weighted by atomic mass is 9.72. The summed E-state index contributed by atoms with van der Waals surface area (Å²) in [6.45, 7) is 4.64. The zero-order chi connectivity index (χ0) is 14.3. The van der Waals surface area contributed by atoms with Gasteiger partial charge in [0.1, 0.15) is 5.03 Å². The Morgan fingerprint density at radius 2 is 2.15 bits per heavy atom. The van der Waals surface area contributed by atoms with E-state index in [0.29, 0.717) is 17.0 Å². The van der Waals surface area contributed by atoms with Gasteiger partial charge in [0.05, 0.1) is 0 Å². The normalized spacial score (nSPS) is 22.2. The molecule has 0 aliphatic heterocycles. The van der Waals surface area contributed by atoms with E-state index in [0.717, 1.165) is 23.7 Å². The Morgan fingerprint density at radius 1 is 1.35 bits per heavy atom. The SMILES string of the molecule is CSc1nc(N)nn2c(C3CCCC(C)(C)C3)nnc12. The molecular weight excluding hydrogens is 272 g/mol. The van der Waals surface area contributed by atoms with Gasteiger partial charge in [-0.2, -0.15) is 4.52 Å². The standard InChI is InChI=1S/C13H20N6S/c1-13(2)6-4-5-8(7-13)9-16-17-10-11(20-3)15-12(14)18-19(9)10/h8H,4-7H2,1-3H3,(H2,14,18). The van der Waals surface area contributed by atoms with Crippen LogP contribution in [0.15, 0.2) is 5.03 Å². The number of hydrogen-bond donors (Lipinski definition) is 1. The van der Waals surface area contributed by atoms with Crippen LogP contribution in [0.1, 0.15) is 51.3 Å². The summed E-state index contributed by atoms with van der Waals surface area (Å²) in [6, 6.07) is 0. The largest absolute Gasteiger partial charge is 0.367 e. The molecule has 3 rings (SSSR count). The summed E-state index contributed by atoms with van der Waals surface area (Å²) >= 11 is 1.52. The number of anilines is 1. The van der Waals surface area contributed by atoms with Crippen LogP contribution < -0.4 is 5.73 Å². The smallest absolute Gasteiger partial charge is 0.239 e. The van der Waals surface area contributed by atoms with Crippen molar-refractivity contribution in [1.29, 1.82) is 0 Å². The highest BCUT2D eigenvalue weighted by molar-refractivity contribution is 7.98. The minimum absolute atomic E-state index is 0.276. The fourth-order valence-corrected chi connectivity index (χ4v) is 3.61. The van der Waals surface area contributed by atoms with Gasteiger partial charge in [0.15, 0.2) is 5.82 Å². The molecule has 1 aliphatic carbocycles. The molecule has 0 aromatic carbocycles. The van der Waals surface area contributed by atoms with Crippen LogP contribution in [0, 0.1) is 5.41 Å². The molecule has 0 radical (unpaired) electrons. The highest BCUT2D eigenvalue weighted by atomic mass is 32.2. The first-order valence-corrected chi connectivity index (χ1v) is 8.15.